The van der Waals surface area contributed by atoms with Crippen LogP contribution in [0.2, 0.25) is 0 Å². The Labute approximate surface area is 106 Å². The van der Waals surface area contributed by atoms with E-state index in [1.54, 1.807) is 12.1 Å². The van der Waals surface area contributed by atoms with Crippen molar-refractivity contribution < 1.29 is 9.66 Å². The van der Waals surface area contributed by atoms with Crippen LogP contribution in [0.4, 0.5) is 11.4 Å². The van der Waals surface area contributed by atoms with Gasteiger partial charge < -0.3 is 10.1 Å². The van der Waals surface area contributed by atoms with E-state index in [1.807, 2.05) is 0 Å². The van der Waals surface area contributed by atoms with Gasteiger partial charge in [0.2, 0.25) is 0 Å². The first-order valence-electron chi connectivity index (χ1n) is 6.19. The molecule has 0 amide bonds. The number of anilines is 1. The van der Waals surface area contributed by atoms with Crippen LogP contribution in [0.1, 0.15) is 26.2 Å². The lowest BCUT2D eigenvalue weighted by Gasteiger charge is -2.15. The maximum atomic E-state index is 10.8. The van der Waals surface area contributed by atoms with Gasteiger partial charge in [-0.2, -0.15) is 0 Å². The summed E-state index contributed by atoms with van der Waals surface area (Å²) in [4.78, 5) is 10.3. The zero-order valence-corrected chi connectivity index (χ0v) is 10.7. The fourth-order valence-electron chi connectivity index (χ4n) is 2.12. The van der Waals surface area contributed by atoms with Crippen molar-refractivity contribution in [2.75, 3.05) is 12.4 Å². The van der Waals surface area contributed by atoms with Crippen molar-refractivity contribution in [1.29, 1.82) is 0 Å². The highest BCUT2D eigenvalue weighted by atomic mass is 16.6. The third-order valence-electron chi connectivity index (χ3n) is 3.17. The minimum atomic E-state index is -0.434. The highest BCUT2D eigenvalue weighted by molar-refractivity contribution is 5.58. The summed E-state index contributed by atoms with van der Waals surface area (Å²) in [6.07, 6.45) is 3.81. The zero-order chi connectivity index (χ0) is 13.1. The maximum absolute atomic E-state index is 10.8. The van der Waals surface area contributed by atoms with Crippen LogP contribution < -0.4 is 10.1 Å². The molecule has 1 aliphatic rings. The Bertz CT molecular complexity index is 444. The average Bonchev–Trinajstić information content (AvgIpc) is 3.12. The van der Waals surface area contributed by atoms with E-state index in [1.165, 1.54) is 26.0 Å². The number of hydrogen-bond donors (Lipinski definition) is 1. The lowest BCUT2D eigenvalue weighted by molar-refractivity contribution is -0.385. The van der Waals surface area contributed by atoms with Crippen molar-refractivity contribution in [3.63, 3.8) is 0 Å². The summed E-state index contributed by atoms with van der Waals surface area (Å²) >= 11 is 0. The molecular weight excluding hydrogens is 232 g/mol. The van der Waals surface area contributed by atoms with Gasteiger partial charge in [0, 0.05) is 23.9 Å². The number of nitro groups is 1. The van der Waals surface area contributed by atoms with Gasteiger partial charge in [-0.05, 0) is 25.3 Å². The summed E-state index contributed by atoms with van der Waals surface area (Å²) in [5.74, 6) is 1.15. The Kier molecular flexibility index (Phi) is 3.69. The van der Waals surface area contributed by atoms with Crippen LogP contribution in [0, 0.1) is 16.0 Å². The molecule has 2 rings (SSSR count). The minimum absolute atomic E-state index is 0.00195. The molecule has 5 heteroatoms. The van der Waals surface area contributed by atoms with Crippen molar-refractivity contribution in [3.05, 3.63) is 28.3 Å². The number of nitrogens with zero attached hydrogens (tertiary/aromatic N) is 1. The van der Waals surface area contributed by atoms with E-state index in [0.29, 0.717) is 11.8 Å². The molecule has 0 bridgehead atoms. The first kappa shape index (κ1) is 12.7. The van der Waals surface area contributed by atoms with Gasteiger partial charge in [0.15, 0.2) is 5.75 Å². The van der Waals surface area contributed by atoms with Crippen LogP contribution in [0.3, 0.4) is 0 Å². The van der Waals surface area contributed by atoms with Crippen LogP contribution in [-0.2, 0) is 0 Å². The van der Waals surface area contributed by atoms with E-state index in [-0.39, 0.29) is 5.69 Å². The normalized spacial score (nSPS) is 16.1. The predicted molar refractivity (Wildman–Crippen MR) is 70.1 cm³/mol. The minimum Gasteiger partial charge on any atom is -0.490 e. The molecule has 0 saturated heterocycles. The van der Waals surface area contributed by atoms with Crippen molar-refractivity contribution >= 4 is 11.4 Å². The van der Waals surface area contributed by atoms with E-state index in [2.05, 4.69) is 12.2 Å². The molecule has 1 aliphatic carbocycles. The highest BCUT2D eigenvalue weighted by Gasteiger charge is 2.23. The molecule has 0 aromatic heterocycles. The van der Waals surface area contributed by atoms with E-state index in [9.17, 15) is 10.1 Å². The lowest BCUT2D eigenvalue weighted by Crippen LogP contribution is -2.15. The largest absolute Gasteiger partial charge is 0.490 e. The van der Waals surface area contributed by atoms with Crippen molar-refractivity contribution in [2.24, 2.45) is 5.92 Å². The molecule has 0 radical (unpaired) electrons. The fourth-order valence-corrected chi connectivity index (χ4v) is 2.12. The Balaban J connectivity index is 2.06. The Morgan fingerprint density at radius 2 is 2.28 bits per heavy atom. The summed E-state index contributed by atoms with van der Waals surface area (Å²) in [6, 6.07) is 5.26. The predicted octanol–water partition coefficient (Wildman–Crippen LogP) is 3.20. The van der Waals surface area contributed by atoms with E-state index < -0.39 is 4.92 Å². The molecule has 98 valence electrons. The SMILES string of the molecule is COc1cc(NC(C)CC2CC2)ccc1[N+](=O)[O-]. The topological polar surface area (TPSA) is 64.4 Å². The highest BCUT2D eigenvalue weighted by Crippen LogP contribution is 2.35. The fraction of sp³-hybridized carbons (Fsp3) is 0.538. The molecule has 1 atom stereocenters. The third kappa shape index (κ3) is 3.12. The quantitative estimate of drug-likeness (QED) is 0.622. The molecule has 0 aliphatic heterocycles. The zero-order valence-electron chi connectivity index (χ0n) is 10.7. The second-order valence-corrected chi connectivity index (χ2v) is 4.87. The Morgan fingerprint density at radius 1 is 1.56 bits per heavy atom. The summed E-state index contributed by atoms with van der Waals surface area (Å²) in [5.41, 5.74) is 0.864. The third-order valence-corrected chi connectivity index (χ3v) is 3.17. The van der Waals surface area contributed by atoms with Gasteiger partial charge in [-0.15, -0.1) is 0 Å². The molecule has 18 heavy (non-hydrogen) atoms. The van der Waals surface area contributed by atoms with Gasteiger partial charge in [-0.3, -0.25) is 10.1 Å². The van der Waals surface area contributed by atoms with Gasteiger partial charge in [0.1, 0.15) is 0 Å². The van der Waals surface area contributed by atoms with Crippen LogP contribution in [0.25, 0.3) is 0 Å². The number of rotatable bonds is 6. The number of methoxy groups -OCH3 is 1. The number of nitrogens with one attached hydrogen (secondary N) is 1. The van der Waals surface area contributed by atoms with Crippen LogP contribution in [0.15, 0.2) is 18.2 Å². The van der Waals surface area contributed by atoms with Gasteiger partial charge in [-0.25, -0.2) is 0 Å². The van der Waals surface area contributed by atoms with Crippen molar-refractivity contribution in [2.45, 2.75) is 32.2 Å². The molecule has 5 nitrogen and oxygen atoms in total. The average molecular weight is 250 g/mol. The van der Waals surface area contributed by atoms with Crippen molar-refractivity contribution in [1.82, 2.24) is 0 Å². The van der Waals surface area contributed by atoms with E-state index in [0.717, 1.165) is 18.0 Å². The van der Waals surface area contributed by atoms with Crippen LogP contribution in [0.5, 0.6) is 5.75 Å². The smallest absolute Gasteiger partial charge is 0.311 e. The molecule has 0 spiro atoms. The van der Waals surface area contributed by atoms with E-state index >= 15 is 0 Å². The number of benzene rings is 1. The first-order chi connectivity index (χ1) is 8.60. The standard InChI is InChI=1S/C13H18N2O3/c1-9(7-10-3-4-10)14-11-5-6-12(15(16)17)13(8-11)18-2/h5-6,8-10,14H,3-4,7H2,1-2H3. The second-order valence-electron chi connectivity index (χ2n) is 4.87. The summed E-state index contributed by atoms with van der Waals surface area (Å²) in [6.45, 7) is 2.13. The summed E-state index contributed by atoms with van der Waals surface area (Å²) in [5, 5.41) is 14.1. The lowest BCUT2D eigenvalue weighted by atomic mass is 10.1. The van der Waals surface area contributed by atoms with Crippen LogP contribution in [-0.4, -0.2) is 18.1 Å². The first-order valence-corrected chi connectivity index (χ1v) is 6.19. The monoisotopic (exact) mass is 250 g/mol. The molecular formula is C13H18N2O3. The summed E-state index contributed by atoms with van der Waals surface area (Å²) in [7, 11) is 1.44. The molecule has 0 heterocycles. The van der Waals surface area contributed by atoms with Gasteiger partial charge in [0.25, 0.3) is 0 Å². The number of ether oxygens (including phenoxy) is 1. The molecule has 1 aromatic carbocycles. The Morgan fingerprint density at radius 3 is 2.83 bits per heavy atom. The van der Waals surface area contributed by atoms with Gasteiger partial charge >= 0.3 is 5.69 Å². The van der Waals surface area contributed by atoms with Gasteiger partial charge in [-0.1, -0.05) is 12.8 Å². The molecule has 1 saturated carbocycles. The van der Waals surface area contributed by atoms with E-state index in [4.69, 9.17) is 4.74 Å². The molecule has 1 unspecified atom stereocenters. The maximum Gasteiger partial charge on any atom is 0.311 e. The number of nitro benzene ring substituents is 1. The van der Waals surface area contributed by atoms with Gasteiger partial charge in [0.05, 0.1) is 12.0 Å². The second kappa shape index (κ2) is 5.25. The van der Waals surface area contributed by atoms with Crippen LogP contribution >= 0.6 is 0 Å². The number of hydrogen-bond acceptors (Lipinski definition) is 4. The molecule has 1 aromatic rings. The Hall–Kier alpha value is -1.78. The van der Waals surface area contributed by atoms with Crippen molar-refractivity contribution in [3.8, 4) is 5.75 Å². The molecule has 1 fully saturated rings. The summed E-state index contributed by atoms with van der Waals surface area (Å²) < 4.78 is 5.04. The molecule has 1 N–H and O–H groups in total.